The highest BCUT2D eigenvalue weighted by atomic mass is 16.2. The summed E-state index contributed by atoms with van der Waals surface area (Å²) in [6.07, 6.45) is 0. The second kappa shape index (κ2) is 5.19. The van der Waals surface area contributed by atoms with Gasteiger partial charge in [-0.05, 0) is 36.2 Å². The molecule has 3 N–H and O–H groups in total. The highest BCUT2D eigenvalue weighted by Crippen LogP contribution is 2.20. The summed E-state index contributed by atoms with van der Waals surface area (Å²) in [5.74, 6) is -0.129. The van der Waals surface area contributed by atoms with E-state index in [2.05, 4.69) is 29.6 Å². The Hall–Kier alpha value is -1.87. The Kier molecular flexibility index (Phi) is 3.63. The maximum absolute atomic E-state index is 11.6. The first-order chi connectivity index (χ1) is 8.58. The molecule has 18 heavy (non-hydrogen) atoms. The molecule has 0 aliphatic rings. The Balaban J connectivity index is 2.22. The van der Waals surface area contributed by atoms with Crippen LogP contribution >= 0.6 is 0 Å². The van der Waals surface area contributed by atoms with Crippen LogP contribution in [0.1, 0.15) is 25.5 Å². The largest absolute Gasteiger partial charge is 0.348 e. The van der Waals surface area contributed by atoms with E-state index < -0.39 is 6.04 Å². The van der Waals surface area contributed by atoms with Crippen molar-refractivity contribution >= 4 is 16.7 Å². The van der Waals surface area contributed by atoms with Gasteiger partial charge in [0.25, 0.3) is 0 Å². The molecule has 1 unspecified atom stereocenters. The monoisotopic (exact) mass is 242 g/mol. The van der Waals surface area contributed by atoms with Crippen LogP contribution in [-0.4, -0.2) is 11.9 Å². The summed E-state index contributed by atoms with van der Waals surface area (Å²) in [6.45, 7) is 3.65. The number of nitrogens with two attached hydrogens (primary N) is 1. The number of carbonyl (C=O) groups excluding carboxylic acids is 1. The number of fused-ring (bicyclic) bond motifs is 1. The van der Waals surface area contributed by atoms with Crippen LogP contribution in [0.25, 0.3) is 10.8 Å². The van der Waals surface area contributed by atoms with Crippen molar-refractivity contribution in [3.63, 3.8) is 0 Å². The van der Waals surface area contributed by atoms with Crippen LogP contribution in [0.5, 0.6) is 0 Å². The Morgan fingerprint density at radius 1 is 1.11 bits per heavy atom. The van der Waals surface area contributed by atoms with Crippen LogP contribution in [0.15, 0.2) is 42.5 Å². The molecule has 94 valence electrons. The van der Waals surface area contributed by atoms with E-state index in [0.717, 1.165) is 5.56 Å². The molecule has 0 saturated carbocycles. The smallest absolute Gasteiger partial charge is 0.237 e. The zero-order valence-electron chi connectivity index (χ0n) is 10.7. The van der Waals surface area contributed by atoms with E-state index in [4.69, 9.17) is 5.73 Å². The van der Waals surface area contributed by atoms with Crippen LogP contribution in [0.2, 0.25) is 0 Å². The van der Waals surface area contributed by atoms with Gasteiger partial charge in [0.2, 0.25) is 5.91 Å². The van der Waals surface area contributed by atoms with Gasteiger partial charge in [0.05, 0.1) is 12.1 Å². The van der Waals surface area contributed by atoms with Crippen LogP contribution < -0.4 is 11.1 Å². The zero-order chi connectivity index (χ0) is 13.1. The minimum Gasteiger partial charge on any atom is -0.348 e. The molecule has 0 fully saturated rings. The van der Waals surface area contributed by atoms with Crippen molar-refractivity contribution in [1.82, 2.24) is 5.32 Å². The van der Waals surface area contributed by atoms with Gasteiger partial charge < -0.3 is 11.1 Å². The van der Waals surface area contributed by atoms with Crippen molar-refractivity contribution in [1.29, 1.82) is 0 Å². The predicted molar refractivity (Wildman–Crippen MR) is 74.2 cm³/mol. The van der Waals surface area contributed by atoms with E-state index in [9.17, 15) is 4.79 Å². The van der Waals surface area contributed by atoms with Crippen molar-refractivity contribution in [2.45, 2.75) is 25.9 Å². The third-order valence-corrected chi connectivity index (χ3v) is 3.05. The normalized spacial score (nSPS) is 14.2. The molecule has 0 aliphatic carbocycles. The molecule has 0 aromatic heterocycles. The molecule has 2 rings (SSSR count). The summed E-state index contributed by atoms with van der Waals surface area (Å²) < 4.78 is 0. The number of nitrogens with one attached hydrogen (secondary N) is 1. The Morgan fingerprint density at radius 3 is 2.44 bits per heavy atom. The highest BCUT2D eigenvalue weighted by molar-refractivity contribution is 5.84. The molecule has 2 aromatic carbocycles. The second-order valence-corrected chi connectivity index (χ2v) is 4.63. The lowest BCUT2D eigenvalue weighted by Gasteiger charge is -2.16. The summed E-state index contributed by atoms with van der Waals surface area (Å²) in [5, 5.41) is 5.27. The molecule has 0 heterocycles. The van der Waals surface area contributed by atoms with Gasteiger partial charge in [0, 0.05) is 0 Å². The predicted octanol–water partition coefficient (Wildman–Crippen LogP) is 2.36. The molecule has 0 radical (unpaired) electrons. The van der Waals surface area contributed by atoms with E-state index in [1.165, 1.54) is 10.8 Å². The van der Waals surface area contributed by atoms with E-state index in [1.54, 1.807) is 6.92 Å². The Morgan fingerprint density at radius 2 is 1.78 bits per heavy atom. The maximum atomic E-state index is 11.6. The first kappa shape index (κ1) is 12.6. The number of amides is 1. The van der Waals surface area contributed by atoms with Crippen molar-refractivity contribution in [3.05, 3.63) is 48.0 Å². The van der Waals surface area contributed by atoms with E-state index >= 15 is 0 Å². The average Bonchev–Trinajstić information content (AvgIpc) is 2.37. The topological polar surface area (TPSA) is 55.1 Å². The van der Waals surface area contributed by atoms with Crippen molar-refractivity contribution in [2.24, 2.45) is 5.73 Å². The molecule has 3 nitrogen and oxygen atoms in total. The minimum absolute atomic E-state index is 0.0342. The van der Waals surface area contributed by atoms with Gasteiger partial charge in [0.1, 0.15) is 0 Å². The summed E-state index contributed by atoms with van der Waals surface area (Å²) in [6, 6.07) is 13.9. The van der Waals surface area contributed by atoms with Gasteiger partial charge in [-0.2, -0.15) is 0 Å². The van der Waals surface area contributed by atoms with Gasteiger partial charge in [-0.15, -0.1) is 0 Å². The molecule has 2 aromatic rings. The summed E-state index contributed by atoms with van der Waals surface area (Å²) in [7, 11) is 0. The Bertz CT molecular complexity index is 563. The third-order valence-electron chi connectivity index (χ3n) is 3.05. The fraction of sp³-hybridized carbons (Fsp3) is 0.267. The van der Waals surface area contributed by atoms with Gasteiger partial charge >= 0.3 is 0 Å². The van der Waals surface area contributed by atoms with Crippen LogP contribution in [0, 0.1) is 0 Å². The molecule has 0 aliphatic heterocycles. The van der Waals surface area contributed by atoms with Crippen LogP contribution in [0.4, 0.5) is 0 Å². The van der Waals surface area contributed by atoms with E-state index in [1.807, 2.05) is 25.1 Å². The number of hydrogen-bond acceptors (Lipinski definition) is 2. The fourth-order valence-corrected chi connectivity index (χ4v) is 1.91. The molecule has 2 atom stereocenters. The van der Waals surface area contributed by atoms with Gasteiger partial charge in [0.15, 0.2) is 0 Å². The number of carbonyl (C=O) groups is 1. The van der Waals surface area contributed by atoms with Crippen molar-refractivity contribution < 1.29 is 4.79 Å². The molecule has 0 bridgehead atoms. The lowest BCUT2D eigenvalue weighted by atomic mass is 10.0. The highest BCUT2D eigenvalue weighted by Gasteiger charge is 2.12. The first-order valence-corrected chi connectivity index (χ1v) is 6.12. The van der Waals surface area contributed by atoms with Gasteiger partial charge in [-0.3, -0.25) is 4.79 Å². The zero-order valence-corrected chi connectivity index (χ0v) is 10.7. The summed E-state index contributed by atoms with van der Waals surface area (Å²) >= 11 is 0. The number of benzene rings is 2. The Labute approximate surface area is 107 Å². The van der Waals surface area contributed by atoms with Gasteiger partial charge in [-0.1, -0.05) is 36.4 Å². The maximum Gasteiger partial charge on any atom is 0.237 e. The molecular formula is C15H18N2O. The van der Waals surface area contributed by atoms with Crippen molar-refractivity contribution in [2.75, 3.05) is 0 Å². The average molecular weight is 242 g/mol. The van der Waals surface area contributed by atoms with Crippen molar-refractivity contribution in [3.8, 4) is 0 Å². The van der Waals surface area contributed by atoms with E-state index in [0.29, 0.717) is 0 Å². The van der Waals surface area contributed by atoms with Gasteiger partial charge in [-0.25, -0.2) is 0 Å². The first-order valence-electron chi connectivity index (χ1n) is 6.12. The SMILES string of the molecule is CC(NC(=O)[C@@H](C)N)c1ccc2ccccc2c1. The lowest BCUT2D eigenvalue weighted by molar-refractivity contribution is -0.122. The van der Waals surface area contributed by atoms with Crippen LogP contribution in [0.3, 0.4) is 0 Å². The van der Waals surface area contributed by atoms with Crippen LogP contribution in [-0.2, 0) is 4.79 Å². The third kappa shape index (κ3) is 2.68. The number of rotatable bonds is 3. The molecule has 0 spiro atoms. The number of hydrogen-bond donors (Lipinski definition) is 2. The molecular weight excluding hydrogens is 224 g/mol. The fourth-order valence-electron chi connectivity index (χ4n) is 1.91. The summed E-state index contributed by atoms with van der Waals surface area (Å²) in [5.41, 5.74) is 6.63. The quantitative estimate of drug-likeness (QED) is 0.868. The van der Waals surface area contributed by atoms with E-state index in [-0.39, 0.29) is 11.9 Å². The second-order valence-electron chi connectivity index (χ2n) is 4.63. The molecule has 3 heteroatoms. The lowest BCUT2D eigenvalue weighted by Crippen LogP contribution is -2.39. The minimum atomic E-state index is -0.479. The molecule has 1 amide bonds. The molecule has 0 saturated heterocycles. The summed E-state index contributed by atoms with van der Waals surface area (Å²) in [4.78, 5) is 11.6. The standard InChI is InChI=1S/C15H18N2O/c1-10(16)15(18)17-11(2)13-8-7-12-5-3-4-6-14(12)9-13/h3-11H,16H2,1-2H3,(H,17,18)/t10-,11?/m1/s1.